The van der Waals surface area contributed by atoms with E-state index in [0.29, 0.717) is 19.4 Å². The zero-order chi connectivity index (χ0) is 13.4. The number of piperidine rings is 1. The molecule has 4 heteroatoms. The highest BCUT2D eigenvalue weighted by Crippen LogP contribution is 2.24. The Bertz CT molecular complexity index is 248. The van der Waals surface area contributed by atoms with Gasteiger partial charge in [0, 0.05) is 12.6 Å². The highest BCUT2D eigenvalue weighted by Gasteiger charge is 2.31. The van der Waals surface area contributed by atoms with E-state index < -0.39 is 6.17 Å². The summed E-state index contributed by atoms with van der Waals surface area (Å²) in [4.78, 5) is 13.3. The summed E-state index contributed by atoms with van der Waals surface area (Å²) in [6.45, 7) is 2.68. The van der Waals surface area contributed by atoms with E-state index in [1.807, 2.05) is 0 Å². The number of alkyl halides is 1. The fourth-order valence-corrected chi connectivity index (χ4v) is 2.62. The highest BCUT2D eigenvalue weighted by molar-refractivity contribution is 5.68. The number of hydrogen-bond donors (Lipinski definition) is 0. The third-order valence-corrected chi connectivity index (χ3v) is 3.70. The molecule has 106 valence electrons. The molecule has 1 saturated heterocycles. The second-order valence-corrected chi connectivity index (χ2v) is 5.14. The monoisotopic (exact) mass is 259 g/mol. The van der Waals surface area contributed by atoms with Crippen molar-refractivity contribution in [1.29, 1.82) is 0 Å². The molecule has 0 bridgehead atoms. The van der Waals surface area contributed by atoms with Crippen molar-refractivity contribution in [3.05, 3.63) is 0 Å². The molecule has 0 aromatic heterocycles. The largest absolute Gasteiger partial charge is 0.453 e. The van der Waals surface area contributed by atoms with Crippen molar-refractivity contribution in [3.63, 3.8) is 0 Å². The normalized spacial score (nSPS) is 24.1. The van der Waals surface area contributed by atoms with Crippen molar-refractivity contribution in [2.24, 2.45) is 0 Å². The Labute approximate surface area is 110 Å². The number of carbonyl (C=O) groups excluding carboxylic acids is 1. The Hall–Kier alpha value is -0.800. The van der Waals surface area contributed by atoms with Crippen LogP contribution in [0.25, 0.3) is 0 Å². The van der Waals surface area contributed by atoms with E-state index in [9.17, 15) is 9.18 Å². The van der Waals surface area contributed by atoms with Gasteiger partial charge in [-0.2, -0.15) is 0 Å². The molecule has 0 aromatic carbocycles. The predicted molar refractivity (Wildman–Crippen MR) is 70.4 cm³/mol. The van der Waals surface area contributed by atoms with Crippen molar-refractivity contribution in [2.45, 2.75) is 70.5 Å². The van der Waals surface area contributed by atoms with Crippen LogP contribution in [0.15, 0.2) is 0 Å². The van der Waals surface area contributed by atoms with Gasteiger partial charge in [0.15, 0.2) is 0 Å². The number of ether oxygens (including phenoxy) is 1. The number of likely N-dealkylation sites (tertiary alicyclic amines) is 1. The molecule has 0 aliphatic carbocycles. The van der Waals surface area contributed by atoms with Gasteiger partial charge in [0.1, 0.15) is 6.17 Å². The Kier molecular flexibility index (Phi) is 7.06. The number of rotatable bonds is 6. The van der Waals surface area contributed by atoms with Crippen LogP contribution in [0.3, 0.4) is 0 Å². The van der Waals surface area contributed by atoms with Gasteiger partial charge < -0.3 is 9.64 Å². The van der Waals surface area contributed by atoms with Gasteiger partial charge in [-0.15, -0.1) is 0 Å². The van der Waals surface area contributed by atoms with Crippen LogP contribution in [0.5, 0.6) is 0 Å². The molecule has 1 fully saturated rings. The van der Waals surface area contributed by atoms with Crippen molar-refractivity contribution >= 4 is 6.09 Å². The van der Waals surface area contributed by atoms with Crippen LogP contribution in [0.2, 0.25) is 0 Å². The zero-order valence-corrected chi connectivity index (χ0v) is 11.7. The number of hydrogen-bond acceptors (Lipinski definition) is 2. The maximum absolute atomic E-state index is 13.4. The van der Waals surface area contributed by atoms with E-state index in [1.54, 1.807) is 4.90 Å². The topological polar surface area (TPSA) is 29.5 Å². The van der Waals surface area contributed by atoms with E-state index in [1.165, 1.54) is 32.8 Å². The lowest BCUT2D eigenvalue weighted by Crippen LogP contribution is -2.46. The molecule has 0 spiro atoms. The molecule has 1 amide bonds. The minimum Gasteiger partial charge on any atom is -0.453 e. The van der Waals surface area contributed by atoms with E-state index in [-0.39, 0.29) is 12.1 Å². The number of unbranched alkanes of at least 4 members (excludes halogenated alkanes) is 4. The molecule has 1 aliphatic heterocycles. The lowest BCUT2D eigenvalue weighted by Gasteiger charge is -2.36. The van der Waals surface area contributed by atoms with Gasteiger partial charge in [0.05, 0.1) is 7.11 Å². The summed E-state index contributed by atoms with van der Waals surface area (Å²) in [5.41, 5.74) is 0. The van der Waals surface area contributed by atoms with Crippen LogP contribution in [-0.2, 0) is 4.74 Å². The Balaban J connectivity index is 2.34. The first-order chi connectivity index (χ1) is 8.69. The minimum atomic E-state index is -0.758. The van der Waals surface area contributed by atoms with Gasteiger partial charge in [-0.05, 0) is 19.3 Å². The summed E-state index contributed by atoms with van der Waals surface area (Å²) in [7, 11) is 1.39. The summed E-state index contributed by atoms with van der Waals surface area (Å²) in [6, 6.07) is 0.0304. The summed E-state index contributed by atoms with van der Waals surface area (Å²) in [5, 5.41) is 0. The summed E-state index contributed by atoms with van der Waals surface area (Å²) < 4.78 is 18.2. The number of halogens is 1. The predicted octanol–water partition coefficient (Wildman–Crippen LogP) is 3.92. The van der Waals surface area contributed by atoms with Gasteiger partial charge in [-0.1, -0.05) is 39.0 Å². The molecule has 2 atom stereocenters. The molecule has 1 aliphatic rings. The van der Waals surface area contributed by atoms with E-state index in [0.717, 1.165) is 12.8 Å². The first-order valence-corrected chi connectivity index (χ1v) is 7.17. The van der Waals surface area contributed by atoms with Gasteiger partial charge in [-0.25, -0.2) is 9.18 Å². The van der Waals surface area contributed by atoms with Crippen LogP contribution in [0.1, 0.15) is 58.3 Å². The van der Waals surface area contributed by atoms with Gasteiger partial charge in [0.2, 0.25) is 0 Å². The molecule has 0 radical (unpaired) electrons. The summed E-state index contributed by atoms with van der Waals surface area (Å²) in [6.07, 6.45) is 6.74. The molecule has 3 nitrogen and oxygen atoms in total. The van der Waals surface area contributed by atoms with Crippen molar-refractivity contribution in [2.75, 3.05) is 13.7 Å². The van der Waals surface area contributed by atoms with Crippen LogP contribution in [-0.4, -0.2) is 36.9 Å². The first-order valence-electron chi connectivity index (χ1n) is 7.17. The van der Waals surface area contributed by atoms with Gasteiger partial charge in [0.25, 0.3) is 0 Å². The smallest absolute Gasteiger partial charge is 0.409 e. The quantitative estimate of drug-likeness (QED) is 0.677. The maximum Gasteiger partial charge on any atom is 0.409 e. The van der Waals surface area contributed by atoms with Crippen molar-refractivity contribution in [3.8, 4) is 0 Å². The van der Waals surface area contributed by atoms with E-state index >= 15 is 0 Å². The third kappa shape index (κ3) is 4.83. The van der Waals surface area contributed by atoms with E-state index in [2.05, 4.69) is 6.92 Å². The van der Waals surface area contributed by atoms with Gasteiger partial charge >= 0.3 is 6.09 Å². The zero-order valence-electron chi connectivity index (χ0n) is 11.7. The van der Waals surface area contributed by atoms with Crippen LogP contribution in [0, 0.1) is 0 Å². The molecule has 1 rings (SSSR count). The van der Waals surface area contributed by atoms with Crippen LogP contribution in [0.4, 0.5) is 9.18 Å². The molecular weight excluding hydrogens is 233 g/mol. The lowest BCUT2D eigenvalue weighted by atomic mass is 9.95. The molecule has 0 saturated carbocycles. The molecule has 0 N–H and O–H groups in total. The minimum absolute atomic E-state index is 0.0304. The molecule has 18 heavy (non-hydrogen) atoms. The highest BCUT2D eigenvalue weighted by atomic mass is 19.1. The fraction of sp³-hybridized carbons (Fsp3) is 0.929. The SMILES string of the molecule is CCCCCCC[C@H]1C[C@@H](F)CCN1C(=O)OC. The Morgan fingerprint density at radius 1 is 1.33 bits per heavy atom. The Morgan fingerprint density at radius 2 is 2.06 bits per heavy atom. The van der Waals surface area contributed by atoms with Crippen LogP contribution < -0.4 is 0 Å². The lowest BCUT2D eigenvalue weighted by molar-refractivity contribution is 0.0624. The summed E-state index contributed by atoms with van der Waals surface area (Å²) in [5.74, 6) is 0. The Morgan fingerprint density at radius 3 is 2.72 bits per heavy atom. The second-order valence-electron chi connectivity index (χ2n) is 5.14. The fourth-order valence-electron chi connectivity index (χ4n) is 2.62. The van der Waals surface area contributed by atoms with Crippen molar-refractivity contribution < 1.29 is 13.9 Å². The van der Waals surface area contributed by atoms with Crippen LogP contribution >= 0.6 is 0 Å². The third-order valence-electron chi connectivity index (χ3n) is 3.70. The van der Waals surface area contributed by atoms with E-state index in [4.69, 9.17) is 4.74 Å². The number of methoxy groups -OCH3 is 1. The number of nitrogens with zero attached hydrogens (tertiary/aromatic N) is 1. The number of amides is 1. The molecule has 0 aromatic rings. The van der Waals surface area contributed by atoms with Gasteiger partial charge in [-0.3, -0.25) is 0 Å². The second kappa shape index (κ2) is 8.33. The average Bonchev–Trinajstić information content (AvgIpc) is 2.38. The van der Waals surface area contributed by atoms with Crippen molar-refractivity contribution in [1.82, 2.24) is 4.90 Å². The average molecular weight is 259 g/mol. The standard InChI is InChI=1S/C14H26FNO2/c1-3-4-5-6-7-8-13-11-12(15)9-10-16(13)14(17)18-2/h12-13H,3-11H2,1-2H3/t12-,13-/m0/s1. The first kappa shape index (κ1) is 15.3. The molecule has 1 heterocycles. The summed E-state index contributed by atoms with van der Waals surface area (Å²) >= 11 is 0. The molecule has 0 unspecified atom stereocenters. The number of carbonyl (C=O) groups is 1. The molecular formula is C14H26FNO2. The maximum atomic E-state index is 13.4.